The molecule has 2 nitrogen and oxygen atoms in total. The van der Waals surface area contributed by atoms with Crippen LogP contribution in [-0.4, -0.2) is 17.8 Å². The summed E-state index contributed by atoms with van der Waals surface area (Å²) in [7, 11) is 0. The molecule has 1 rings (SSSR count). The van der Waals surface area contributed by atoms with Crippen LogP contribution in [0.3, 0.4) is 0 Å². The first-order valence-electron chi connectivity index (χ1n) is 7.89. The number of hydrogen-bond acceptors (Lipinski definition) is 2. The molecule has 2 N–H and O–H groups in total. The second-order valence-corrected chi connectivity index (χ2v) is 6.36. The quantitative estimate of drug-likeness (QED) is 0.531. The van der Waals surface area contributed by atoms with Crippen LogP contribution in [-0.2, 0) is 0 Å². The van der Waals surface area contributed by atoms with E-state index in [4.69, 9.17) is 0 Å². The van der Waals surface area contributed by atoms with Crippen LogP contribution in [0.15, 0.2) is 28.7 Å². The normalized spacial score (nSPS) is 12.3. The maximum absolute atomic E-state index is 9.44. The molecule has 0 heterocycles. The third-order valence-corrected chi connectivity index (χ3v) is 4.12. The molecular formula is C17H28BrNO. The molecular weight excluding hydrogens is 314 g/mol. The molecule has 3 heteroatoms. The lowest BCUT2D eigenvalue weighted by molar-refractivity contribution is 0.266. The zero-order valence-corrected chi connectivity index (χ0v) is 14.2. The monoisotopic (exact) mass is 341 g/mol. The van der Waals surface area contributed by atoms with Crippen molar-refractivity contribution in [3.8, 4) is 0 Å². The van der Waals surface area contributed by atoms with Crippen molar-refractivity contribution in [3.63, 3.8) is 0 Å². The maximum Gasteiger partial charge on any atom is 0.0632 e. The van der Waals surface area contributed by atoms with E-state index in [2.05, 4.69) is 28.2 Å². The zero-order chi connectivity index (χ0) is 14.6. The molecule has 0 aromatic heterocycles. The van der Waals surface area contributed by atoms with Gasteiger partial charge in [0.2, 0.25) is 0 Å². The van der Waals surface area contributed by atoms with E-state index < -0.39 is 0 Å². The second kappa shape index (κ2) is 11.2. The average Bonchev–Trinajstić information content (AvgIpc) is 2.47. The SMILES string of the molecule is CCCCCCCCCC(CO)Nc1ccc(Br)cc1. The van der Waals surface area contributed by atoms with Crippen LogP contribution in [0.1, 0.15) is 58.3 Å². The predicted octanol–water partition coefficient (Wildman–Crippen LogP) is 5.36. The number of benzene rings is 1. The Hall–Kier alpha value is -0.540. The van der Waals surface area contributed by atoms with E-state index in [1.807, 2.05) is 24.3 Å². The summed E-state index contributed by atoms with van der Waals surface area (Å²) in [5.74, 6) is 0. The molecule has 0 amide bonds. The third-order valence-electron chi connectivity index (χ3n) is 3.59. The molecule has 1 aromatic carbocycles. The Morgan fingerprint density at radius 3 is 2.20 bits per heavy atom. The summed E-state index contributed by atoms with van der Waals surface area (Å²) < 4.78 is 1.08. The molecule has 0 radical (unpaired) electrons. The number of aliphatic hydroxyl groups is 1. The van der Waals surface area contributed by atoms with Gasteiger partial charge in [0, 0.05) is 16.2 Å². The van der Waals surface area contributed by atoms with Gasteiger partial charge in [-0.25, -0.2) is 0 Å². The van der Waals surface area contributed by atoms with Crippen LogP contribution in [0, 0.1) is 0 Å². The summed E-state index contributed by atoms with van der Waals surface area (Å²) in [4.78, 5) is 0. The van der Waals surface area contributed by atoms with E-state index in [0.29, 0.717) is 0 Å². The number of rotatable bonds is 11. The highest BCUT2D eigenvalue weighted by Gasteiger charge is 2.06. The van der Waals surface area contributed by atoms with E-state index >= 15 is 0 Å². The molecule has 1 unspecified atom stereocenters. The molecule has 0 saturated carbocycles. The first-order valence-corrected chi connectivity index (χ1v) is 8.68. The molecule has 1 atom stereocenters. The van der Waals surface area contributed by atoms with Crippen LogP contribution in [0.25, 0.3) is 0 Å². The molecule has 1 aromatic rings. The summed E-state index contributed by atoms with van der Waals surface area (Å²) in [5.41, 5.74) is 1.08. The predicted molar refractivity (Wildman–Crippen MR) is 91.2 cm³/mol. The van der Waals surface area contributed by atoms with Crippen molar-refractivity contribution in [2.75, 3.05) is 11.9 Å². The van der Waals surface area contributed by atoms with Crippen molar-refractivity contribution in [3.05, 3.63) is 28.7 Å². The van der Waals surface area contributed by atoms with E-state index in [9.17, 15) is 5.11 Å². The lowest BCUT2D eigenvalue weighted by Crippen LogP contribution is -2.23. The van der Waals surface area contributed by atoms with Gasteiger partial charge in [-0.05, 0) is 30.7 Å². The van der Waals surface area contributed by atoms with Crippen molar-refractivity contribution in [1.29, 1.82) is 0 Å². The molecule has 20 heavy (non-hydrogen) atoms. The second-order valence-electron chi connectivity index (χ2n) is 5.44. The first-order chi connectivity index (χ1) is 9.76. The highest BCUT2D eigenvalue weighted by atomic mass is 79.9. The van der Waals surface area contributed by atoms with E-state index in [1.165, 1.54) is 44.9 Å². The Labute approximate surface area is 132 Å². The van der Waals surface area contributed by atoms with Crippen LogP contribution < -0.4 is 5.32 Å². The standard InChI is InChI=1S/C17H28BrNO/c1-2-3-4-5-6-7-8-9-17(14-20)19-16-12-10-15(18)11-13-16/h10-13,17,19-20H,2-9,14H2,1H3. The molecule has 0 aliphatic rings. The van der Waals surface area contributed by atoms with Gasteiger partial charge < -0.3 is 10.4 Å². The van der Waals surface area contributed by atoms with Crippen molar-refractivity contribution in [2.24, 2.45) is 0 Å². The number of unbranched alkanes of at least 4 members (excludes halogenated alkanes) is 6. The Bertz CT molecular complexity index is 339. The molecule has 0 fully saturated rings. The van der Waals surface area contributed by atoms with Crippen LogP contribution in [0.4, 0.5) is 5.69 Å². The van der Waals surface area contributed by atoms with Crippen molar-refractivity contribution >= 4 is 21.6 Å². The third kappa shape index (κ3) is 7.91. The Morgan fingerprint density at radius 1 is 1.00 bits per heavy atom. The molecule has 0 bridgehead atoms. The van der Waals surface area contributed by atoms with Gasteiger partial charge in [0.1, 0.15) is 0 Å². The van der Waals surface area contributed by atoms with Gasteiger partial charge in [-0.3, -0.25) is 0 Å². The number of anilines is 1. The van der Waals surface area contributed by atoms with Crippen molar-refractivity contribution < 1.29 is 5.11 Å². The van der Waals surface area contributed by atoms with Crippen LogP contribution in [0.2, 0.25) is 0 Å². The highest BCUT2D eigenvalue weighted by molar-refractivity contribution is 9.10. The van der Waals surface area contributed by atoms with Gasteiger partial charge in [-0.2, -0.15) is 0 Å². The fraction of sp³-hybridized carbons (Fsp3) is 0.647. The Morgan fingerprint density at radius 2 is 1.60 bits per heavy atom. The molecule has 0 saturated heterocycles. The fourth-order valence-corrected chi connectivity index (χ4v) is 2.60. The number of aliphatic hydroxyl groups excluding tert-OH is 1. The van der Waals surface area contributed by atoms with Gasteiger partial charge in [0.05, 0.1) is 6.61 Å². The average molecular weight is 342 g/mol. The molecule has 0 spiro atoms. The minimum atomic E-state index is 0.173. The van der Waals surface area contributed by atoms with Crippen molar-refractivity contribution in [1.82, 2.24) is 0 Å². The van der Waals surface area contributed by atoms with Gasteiger partial charge >= 0.3 is 0 Å². The summed E-state index contributed by atoms with van der Waals surface area (Å²) in [5, 5.41) is 12.8. The summed E-state index contributed by atoms with van der Waals surface area (Å²) in [6.07, 6.45) is 10.3. The number of nitrogens with one attached hydrogen (secondary N) is 1. The van der Waals surface area contributed by atoms with E-state index in [0.717, 1.165) is 16.6 Å². The van der Waals surface area contributed by atoms with Gasteiger partial charge in [0.15, 0.2) is 0 Å². The fourth-order valence-electron chi connectivity index (χ4n) is 2.34. The van der Waals surface area contributed by atoms with Gasteiger partial charge in [0.25, 0.3) is 0 Å². The first kappa shape index (κ1) is 17.5. The van der Waals surface area contributed by atoms with Gasteiger partial charge in [-0.1, -0.05) is 67.8 Å². The summed E-state index contributed by atoms with van der Waals surface area (Å²) in [6.45, 7) is 2.45. The van der Waals surface area contributed by atoms with Crippen molar-refractivity contribution in [2.45, 2.75) is 64.3 Å². The Kier molecular flexibility index (Phi) is 9.77. The summed E-state index contributed by atoms with van der Waals surface area (Å²) >= 11 is 3.43. The largest absolute Gasteiger partial charge is 0.394 e. The number of halogens is 1. The van der Waals surface area contributed by atoms with E-state index in [-0.39, 0.29) is 12.6 Å². The molecule has 114 valence electrons. The Balaban J connectivity index is 2.14. The van der Waals surface area contributed by atoms with E-state index in [1.54, 1.807) is 0 Å². The smallest absolute Gasteiger partial charge is 0.0632 e. The topological polar surface area (TPSA) is 32.3 Å². The minimum Gasteiger partial charge on any atom is -0.394 e. The zero-order valence-electron chi connectivity index (χ0n) is 12.6. The van der Waals surface area contributed by atoms with Crippen LogP contribution in [0.5, 0.6) is 0 Å². The molecule has 0 aliphatic heterocycles. The molecule has 0 aliphatic carbocycles. The lowest BCUT2D eigenvalue weighted by Gasteiger charge is -2.17. The minimum absolute atomic E-state index is 0.173. The summed E-state index contributed by atoms with van der Waals surface area (Å²) in [6, 6.07) is 8.29. The van der Waals surface area contributed by atoms with Gasteiger partial charge in [-0.15, -0.1) is 0 Å². The lowest BCUT2D eigenvalue weighted by atomic mass is 10.1. The maximum atomic E-state index is 9.44. The highest BCUT2D eigenvalue weighted by Crippen LogP contribution is 2.17. The van der Waals surface area contributed by atoms with Crippen LogP contribution >= 0.6 is 15.9 Å². The number of hydrogen-bond donors (Lipinski definition) is 2.